The number of carbonyl (C=O) groups excluding carboxylic acids is 4. The van der Waals surface area contributed by atoms with E-state index in [-0.39, 0.29) is 48.0 Å². The lowest BCUT2D eigenvalue weighted by atomic mass is 10.2. The summed E-state index contributed by atoms with van der Waals surface area (Å²) in [7, 11) is 0. The molecule has 14 heteroatoms. The number of nitrogens with zero attached hydrogens (tertiary/aromatic N) is 1. The highest BCUT2D eigenvalue weighted by Crippen LogP contribution is 2.29. The van der Waals surface area contributed by atoms with E-state index < -0.39 is 41.8 Å². The number of hydrogen-bond acceptors (Lipinski definition) is 13. The van der Waals surface area contributed by atoms with Crippen LogP contribution in [0.4, 0.5) is 0 Å². The van der Waals surface area contributed by atoms with Crippen molar-refractivity contribution < 1.29 is 52.8 Å². The number of benzene rings is 2. The van der Waals surface area contributed by atoms with E-state index in [2.05, 4.69) is 4.84 Å². The monoisotopic (exact) mass is 520 g/mol. The number of hydrogen-bond donors (Lipinski definition) is 1. The normalized spacial score (nSPS) is 11.0. The molecule has 0 spiro atoms. The Morgan fingerprint density at radius 2 is 1.65 bits per heavy atom. The maximum atomic E-state index is 12.5. The van der Waals surface area contributed by atoms with E-state index in [1.165, 1.54) is 44.2 Å². The van der Waals surface area contributed by atoms with Gasteiger partial charge >= 0.3 is 23.9 Å². The average molecular weight is 520 g/mol. The Balaban J connectivity index is 2.03. The SMILES string of the molecule is CC(=O)Oc1ccccc1C(=O)OCOC(=O)c1ccc(OCCCO[N+](=O)[O-])c(OC(=O)C(C)N)c1. The van der Waals surface area contributed by atoms with Crippen molar-refractivity contribution in [3.8, 4) is 17.2 Å². The average Bonchev–Trinajstić information content (AvgIpc) is 2.84. The number of esters is 4. The molecular formula is C23H24N2O12. The van der Waals surface area contributed by atoms with E-state index in [1.54, 1.807) is 6.07 Å². The van der Waals surface area contributed by atoms with Crippen LogP contribution in [0.25, 0.3) is 0 Å². The van der Waals surface area contributed by atoms with Crippen LogP contribution in [0.3, 0.4) is 0 Å². The lowest BCUT2D eigenvalue weighted by molar-refractivity contribution is -0.757. The van der Waals surface area contributed by atoms with Gasteiger partial charge in [-0.3, -0.25) is 4.79 Å². The minimum Gasteiger partial charge on any atom is -0.490 e. The molecule has 0 heterocycles. The van der Waals surface area contributed by atoms with Crippen LogP contribution in [-0.4, -0.2) is 55.0 Å². The predicted octanol–water partition coefficient (Wildman–Crippen LogP) is 1.81. The summed E-state index contributed by atoms with van der Waals surface area (Å²) in [6.07, 6.45) is 0.150. The molecule has 0 radical (unpaired) electrons. The van der Waals surface area contributed by atoms with Gasteiger partial charge in [0.15, 0.2) is 11.5 Å². The topological polar surface area (TPSA) is 193 Å². The molecule has 1 unspecified atom stereocenters. The summed E-state index contributed by atoms with van der Waals surface area (Å²) in [5, 5.41) is 9.26. The molecule has 2 aromatic carbocycles. The second-order valence-corrected chi connectivity index (χ2v) is 7.20. The van der Waals surface area contributed by atoms with Crippen molar-refractivity contribution in [2.45, 2.75) is 26.3 Å². The third kappa shape index (κ3) is 9.45. The first-order chi connectivity index (χ1) is 17.6. The molecule has 0 bridgehead atoms. The molecule has 0 saturated heterocycles. The van der Waals surface area contributed by atoms with Gasteiger partial charge in [0.1, 0.15) is 17.4 Å². The number of ether oxygens (including phenoxy) is 5. The van der Waals surface area contributed by atoms with Gasteiger partial charge in [0.05, 0.1) is 18.8 Å². The third-order valence-corrected chi connectivity index (χ3v) is 4.25. The summed E-state index contributed by atoms with van der Waals surface area (Å²) in [6.45, 7) is 1.56. The van der Waals surface area contributed by atoms with Crippen LogP contribution in [0.15, 0.2) is 42.5 Å². The fraction of sp³-hybridized carbons (Fsp3) is 0.304. The van der Waals surface area contributed by atoms with E-state index in [0.717, 1.165) is 6.07 Å². The minimum absolute atomic E-state index is 0.0209. The summed E-state index contributed by atoms with van der Waals surface area (Å²) >= 11 is 0. The fourth-order valence-electron chi connectivity index (χ4n) is 2.59. The molecule has 0 fully saturated rings. The number of para-hydroxylation sites is 1. The molecule has 0 aliphatic rings. The number of nitrogens with two attached hydrogens (primary N) is 1. The maximum Gasteiger partial charge on any atom is 0.344 e. The second-order valence-electron chi connectivity index (χ2n) is 7.20. The van der Waals surface area contributed by atoms with Gasteiger partial charge in [0, 0.05) is 13.3 Å². The Morgan fingerprint density at radius 1 is 0.946 bits per heavy atom. The van der Waals surface area contributed by atoms with E-state index in [0.29, 0.717) is 0 Å². The van der Waals surface area contributed by atoms with Crippen molar-refractivity contribution in [2.75, 3.05) is 20.0 Å². The Kier molecular flexibility index (Phi) is 10.8. The van der Waals surface area contributed by atoms with Gasteiger partial charge in [-0.1, -0.05) is 12.1 Å². The molecule has 198 valence electrons. The molecule has 37 heavy (non-hydrogen) atoms. The summed E-state index contributed by atoms with van der Waals surface area (Å²) < 4.78 is 25.4. The van der Waals surface area contributed by atoms with Crippen LogP contribution < -0.4 is 19.9 Å². The third-order valence-electron chi connectivity index (χ3n) is 4.25. The zero-order valence-corrected chi connectivity index (χ0v) is 19.9. The van der Waals surface area contributed by atoms with Crippen LogP contribution in [0.1, 0.15) is 41.0 Å². The molecule has 0 aromatic heterocycles. The Morgan fingerprint density at radius 3 is 2.32 bits per heavy atom. The van der Waals surface area contributed by atoms with Crippen LogP contribution in [0.5, 0.6) is 17.2 Å². The standard InChI is InChI=1S/C23H24N2O12/c1-14(24)21(27)37-20-12-16(8-9-19(20)32-10-5-11-35-25(30)31)22(28)33-13-34-23(29)17-6-3-4-7-18(17)36-15(2)26/h3-4,6-9,12,14H,5,10-11,13,24H2,1-2H3. The predicted molar refractivity (Wildman–Crippen MR) is 122 cm³/mol. The highest BCUT2D eigenvalue weighted by atomic mass is 16.9. The van der Waals surface area contributed by atoms with Crippen molar-refractivity contribution in [1.82, 2.24) is 0 Å². The largest absolute Gasteiger partial charge is 0.490 e. The van der Waals surface area contributed by atoms with E-state index in [4.69, 9.17) is 29.4 Å². The lowest BCUT2D eigenvalue weighted by Gasteiger charge is -2.14. The maximum absolute atomic E-state index is 12.5. The second kappa shape index (κ2) is 14.0. The molecule has 0 saturated carbocycles. The lowest BCUT2D eigenvalue weighted by Crippen LogP contribution is -2.31. The first kappa shape index (κ1) is 28.5. The molecular weight excluding hydrogens is 496 g/mol. The van der Waals surface area contributed by atoms with Crippen LogP contribution in [-0.2, 0) is 23.9 Å². The molecule has 1 atom stereocenters. The number of rotatable bonds is 13. The van der Waals surface area contributed by atoms with Crippen molar-refractivity contribution in [1.29, 1.82) is 0 Å². The zero-order chi connectivity index (χ0) is 27.4. The molecule has 0 aliphatic heterocycles. The molecule has 0 amide bonds. The summed E-state index contributed by atoms with van der Waals surface area (Å²) in [4.78, 5) is 62.3. The molecule has 2 rings (SSSR count). The van der Waals surface area contributed by atoms with E-state index in [9.17, 15) is 29.3 Å². The van der Waals surface area contributed by atoms with Crippen molar-refractivity contribution in [3.63, 3.8) is 0 Å². The Bertz CT molecular complexity index is 1150. The van der Waals surface area contributed by atoms with Gasteiger partial charge in [0.25, 0.3) is 5.09 Å². The van der Waals surface area contributed by atoms with Gasteiger partial charge in [-0.15, -0.1) is 10.1 Å². The highest BCUT2D eigenvalue weighted by Gasteiger charge is 2.19. The van der Waals surface area contributed by atoms with Crippen LogP contribution >= 0.6 is 0 Å². The first-order valence-corrected chi connectivity index (χ1v) is 10.7. The van der Waals surface area contributed by atoms with Crippen LogP contribution in [0.2, 0.25) is 0 Å². The summed E-state index contributed by atoms with van der Waals surface area (Å²) in [5.41, 5.74) is 5.39. The Labute approximate surface area is 210 Å². The van der Waals surface area contributed by atoms with Crippen molar-refractivity contribution in [3.05, 3.63) is 63.7 Å². The quantitative estimate of drug-likeness (QED) is 0.100. The van der Waals surface area contributed by atoms with Crippen molar-refractivity contribution in [2.24, 2.45) is 5.73 Å². The Hall–Kier alpha value is -4.72. The number of carbonyl (C=O) groups is 4. The smallest absolute Gasteiger partial charge is 0.344 e. The van der Waals surface area contributed by atoms with Gasteiger partial charge in [-0.25, -0.2) is 14.4 Å². The molecule has 0 aliphatic carbocycles. The first-order valence-electron chi connectivity index (χ1n) is 10.7. The highest BCUT2D eigenvalue weighted by molar-refractivity contribution is 5.94. The zero-order valence-electron chi connectivity index (χ0n) is 19.9. The molecule has 14 nitrogen and oxygen atoms in total. The van der Waals surface area contributed by atoms with E-state index in [1.807, 2.05) is 0 Å². The van der Waals surface area contributed by atoms with Gasteiger partial charge in [-0.05, 0) is 37.3 Å². The fourth-order valence-corrected chi connectivity index (χ4v) is 2.59. The molecule has 2 N–H and O–H groups in total. The summed E-state index contributed by atoms with van der Waals surface area (Å²) in [5.74, 6) is -3.39. The van der Waals surface area contributed by atoms with Crippen molar-refractivity contribution >= 4 is 23.9 Å². The summed E-state index contributed by atoms with van der Waals surface area (Å²) in [6, 6.07) is 8.63. The van der Waals surface area contributed by atoms with E-state index >= 15 is 0 Å². The van der Waals surface area contributed by atoms with Crippen LogP contribution in [0, 0.1) is 10.1 Å². The minimum atomic E-state index is -0.980. The van der Waals surface area contributed by atoms with Gasteiger partial charge < -0.3 is 34.3 Å². The van der Waals surface area contributed by atoms with Gasteiger partial charge in [-0.2, -0.15) is 0 Å². The van der Waals surface area contributed by atoms with Gasteiger partial charge in [0.2, 0.25) is 6.79 Å². The molecule has 2 aromatic rings.